The topological polar surface area (TPSA) is 93.4 Å². The molecule has 0 aliphatic carbocycles. The molecule has 3 heterocycles. The highest BCUT2D eigenvalue weighted by Crippen LogP contribution is 2.18. The van der Waals surface area contributed by atoms with Gasteiger partial charge in [0.05, 0.1) is 6.10 Å². The number of likely N-dealkylation sites (tertiary alicyclic amines) is 1. The number of carbonyl (C=O) groups is 1. The third kappa shape index (κ3) is 4.89. The zero-order chi connectivity index (χ0) is 17.8. The van der Waals surface area contributed by atoms with Crippen LogP contribution in [0.2, 0.25) is 0 Å². The minimum absolute atomic E-state index is 0.155. The predicted octanol–water partition coefficient (Wildman–Crippen LogP) is 1.56. The molecule has 0 spiro atoms. The van der Waals surface area contributed by atoms with Crippen molar-refractivity contribution in [3.05, 3.63) is 17.5 Å². The quantitative estimate of drug-likeness (QED) is 0.839. The standard InChI is InChI=1S/C18H29N5O2/c1-12(2)15-10-16(22-18(19)21-15)17(24)20-13-5-7-23(8-6-13)11-14-4-3-9-25-14/h10,12-14H,3-9,11H2,1-2H3,(H,20,24)(H2,19,21,22)/t14-/m1/s1. The van der Waals surface area contributed by atoms with Crippen LogP contribution in [0.5, 0.6) is 0 Å². The Bertz CT molecular complexity index is 593. The van der Waals surface area contributed by atoms with Gasteiger partial charge in [0.1, 0.15) is 5.69 Å². The smallest absolute Gasteiger partial charge is 0.270 e. The van der Waals surface area contributed by atoms with Crippen LogP contribution in [0.25, 0.3) is 0 Å². The van der Waals surface area contributed by atoms with Crippen molar-refractivity contribution in [1.29, 1.82) is 0 Å². The fourth-order valence-corrected chi connectivity index (χ4v) is 3.49. The fraction of sp³-hybridized carbons (Fsp3) is 0.722. The van der Waals surface area contributed by atoms with Gasteiger partial charge in [-0.3, -0.25) is 4.79 Å². The van der Waals surface area contributed by atoms with Gasteiger partial charge in [0.25, 0.3) is 5.91 Å². The number of nitrogens with two attached hydrogens (primary N) is 1. The molecule has 0 radical (unpaired) electrons. The summed E-state index contributed by atoms with van der Waals surface area (Å²) >= 11 is 0. The SMILES string of the molecule is CC(C)c1cc(C(=O)NC2CCN(C[C@H]3CCCO3)CC2)nc(N)n1. The number of piperidine rings is 1. The molecule has 0 bridgehead atoms. The van der Waals surface area contributed by atoms with Crippen LogP contribution in [0.4, 0.5) is 5.95 Å². The van der Waals surface area contributed by atoms with Gasteiger partial charge in [-0.25, -0.2) is 9.97 Å². The Morgan fingerprint density at radius 2 is 2.12 bits per heavy atom. The lowest BCUT2D eigenvalue weighted by molar-refractivity contribution is 0.0612. The molecule has 1 aromatic heterocycles. The molecular formula is C18H29N5O2. The summed E-state index contributed by atoms with van der Waals surface area (Å²) in [5.74, 6) is 0.203. The lowest BCUT2D eigenvalue weighted by Crippen LogP contribution is -2.46. The van der Waals surface area contributed by atoms with E-state index in [4.69, 9.17) is 10.5 Å². The van der Waals surface area contributed by atoms with E-state index >= 15 is 0 Å². The van der Waals surface area contributed by atoms with Gasteiger partial charge >= 0.3 is 0 Å². The van der Waals surface area contributed by atoms with Crippen molar-refractivity contribution < 1.29 is 9.53 Å². The van der Waals surface area contributed by atoms with Crippen LogP contribution in [0.15, 0.2) is 6.07 Å². The Hall–Kier alpha value is -1.73. The molecule has 2 aliphatic heterocycles. The van der Waals surface area contributed by atoms with E-state index in [0.717, 1.165) is 44.8 Å². The molecule has 25 heavy (non-hydrogen) atoms. The number of nitrogens with zero attached hydrogens (tertiary/aromatic N) is 3. The summed E-state index contributed by atoms with van der Waals surface area (Å²) in [7, 11) is 0. The molecule has 7 heteroatoms. The number of amides is 1. The van der Waals surface area contributed by atoms with Crippen LogP contribution < -0.4 is 11.1 Å². The number of carbonyl (C=O) groups excluding carboxylic acids is 1. The van der Waals surface area contributed by atoms with Crippen molar-refractivity contribution >= 4 is 11.9 Å². The maximum absolute atomic E-state index is 12.5. The van der Waals surface area contributed by atoms with Crippen LogP contribution >= 0.6 is 0 Å². The molecule has 2 saturated heterocycles. The van der Waals surface area contributed by atoms with Crippen molar-refractivity contribution in [3.8, 4) is 0 Å². The summed E-state index contributed by atoms with van der Waals surface area (Å²) in [6, 6.07) is 1.93. The molecule has 2 fully saturated rings. The molecule has 1 atom stereocenters. The largest absolute Gasteiger partial charge is 0.377 e. The van der Waals surface area contributed by atoms with Gasteiger partial charge in [0.15, 0.2) is 0 Å². The van der Waals surface area contributed by atoms with Gasteiger partial charge < -0.3 is 20.7 Å². The summed E-state index contributed by atoms with van der Waals surface area (Å²) in [4.78, 5) is 23.2. The highest BCUT2D eigenvalue weighted by molar-refractivity contribution is 5.92. The predicted molar refractivity (Wildman–Crippen MR) is 96.4 cm³/mol. The minimum atomic E-state index is -0.159. The maximum atomic E-state index is 12.5. The van der Waals surface area contributed by atoms with Gasteiger partial charge in [-0.15, -0.1) is 0 Å². The highest BCUT2D eigenvalue weighted by Gasteiger charge is 2.25. The van der Waals surface area contributed by atoms with Gasteiger partial charge in [0, 0.05) is 38.0 Å². The number of anilines is 1. The molecule has 3 N–H and O–H groups in total. The zero-order valence-corrected chi connectivity index (χ0v) is 15.2. The summed E-state index contributed by atoms with van der Waals surface area (Å²) in [6.07, 6.45) is 4.65. The number of rotatable bonds is 5. The van der Waals surface area contributed by atoms with Crippen LogP contribution in [-0.4, -0.2) is 59.2 Å². The Kier molecular flexibility index (Phi) is 5.86. The van der Waals surface area contributed by atoms with E-state index < -0.39 is 0 Å². The third-order valence-electron chi connectivity index (χ3n) is 5.00. The molecule has 138 valence electrons. The van der Waals surface area contributed by atoms with Crippen molar-refractivity contribution in [2.24, 2.45) is 0 Å². The van der Waals surface area contributed by atoms with Gasteiger partial charge in [0.2, 0.25) is 5.95 Å². The van der Waals surface area contributed by atoms with Crippen LogP contribution in [0.3, 0.4) is 0 Å². The fourth-order valence-electron chi connectivity index (χ4n) is 3.49. The van der Waals surface area contributed by atoms with Gasteiger partial charge in [-0.2, -0.15) is 0 Å². The van der Waals surface area contributed by atoms with E-state index in [1.807, 2.05) is 13.8 Å². The van der Waals surface area contributed by atoms with E-state index in [2.05, 4.69) is 20.2 Å². The summed E-state index contributed by atoms with van der Waals surface area (Å²) in [5, 5.41) is 3.10. The Labute approximate surface area is 149 Å². The van der Waals surface area contributed by atoms with Crippen molar-refractivity contribution in [2.45, 2.75) is 57.6 Å². The molecule has 3 rings (SSSR count). The lowest BCUT2D eigenvalue weighted by atomic mass is 10.0. The van der Waals surface area contributed by atoms with Gasteiger partial charge in [-0.05, 0) is 37.7 Å². The molecule has 2 aliphatic rings. The molecule has 0 aromatic carbocycles. The maximum Gasteiger partial charge on any atom is 0.270 e. The lowest BCUT2D eigenvalue weighted by Gasteiger charge is -2.33. The number of nitrogens with one attached hydrogen (secondary N) is 1. The monoisotopic (exact) mass is 347 g/mol. The average Bonchev–Trinajstić information content (AvgIpc) is 3.09. The second kappa shape index (κ2) is 8.10. The Morgan fingerprint density at radius 1 is 1.36 bits per heavy atom. The molecular weight excluding hydrogens is 318 g/mol. The third-order valence-corrected chi connectivity index (χ3v) is 5.00. The van der Waals surface area contributed by atoms with Crippen molar-refractivity contribution in [2.75, 3.05) is 32.0 Å². The van der Waals surface area contributed by atoms with E-state index in [1.165, 1.54) is 12.8 Å². The first-order valence-corrected chi connectivity index (χ1v) is 9.30. The Morgan fingerprint density at radius 3 is 2.76 bits per heavy atom. The molecule has 1 aromatic rings. The normalized spacial score (nSPS) is 22.4. The van der Waals surface area contributed by atoms with Gasteiger partial charge in [-0.1, -0.05) is 13.8 Å². The Balaban J connectivity index is 1.50. The van der Waals surface area contributed by atoms with Crippen LogP contribution in [0.1, 0.15) is 61.6 Å². The summed E-state index contributed by atoms with van der Waals surface area (Å²) in [5.41, 5.74) is 6.90. The summed E-state index contributed by atoms with van der Waals surface area (Å²) < 4.78 is 5.71. The first kappa shape index (κ1) is 18.1. The van der Waals surface area contributed by atoms with Crippen molar-refractivity contribution in [3.63, 3.8) is 0 Å². The molecule has 7 nitrogen and oxygen atoms in total. The number of hydrogen-bond acceptors (Lipinski definition) is 6. The molecule has 0 saturated carbocycles. The minimum Gasteiger partial charge on any atom is -0.377 e. The van der Waals surface area contributed by atoms with Crippen molar-refractivity contribution in [1.82, 2.24) is 20.2 Å². The second-order valence-electron chi connectivity index (χ2n) is 7.37. The van der Waals surface area contributed by atoms with Crippen LogP contribution in [-0.2, 0) is 4.74 Å². The number of nitrogen functional groups attached to an aromatic ring is 1. The van der Waals surface area contributed by atoms with Crippen LogP contribution in [0, 0.1) is 0 Å². The van der Waals surface area contributed by atoms with E-state index in [-0.39, 0.29) is 23.8 Å². The highest BCUT2D eigenvalue weighted by atomic mass is 16.5. The molecule has 1 amide bonds. The van der Waals surface area contributed by atoms with E-state index in [9.17, 15) is 4.79 Å². The zero-order valence-electron chi connectivity index (χ0n) is 15.2. The van der Waals surface area contributed by atoms with E-state index in [1.54, 1.807) is 6.07 Å². The first-order chi connectivity index (χ1) is 12.0. The molecule has 0 unspecified atom stereocenters. The van der Waals surface area contributed by atoms with E-state index in [0.29, 0.717) is 11.8 Å². The number of ether oxygens (including phenoxy) is 1. The average molecular weight is 347 g/mol. The second-order valence-corrected chi connectivity index (χ2v) is 7.37. The first-order valence-electron chi connectivity index (χ1n) is 9.30. The number of aromatic nitrogens is 2. The number of hydrogen-bond donors (Lipinski definition) is 2. The summed E-state index contributed by atoms with van der Waals surface area (Å²) in [6.45, 7) is 7.95.